The van der Waals surface area contributed by atoms with Gasteiger partial charge in [0.15, 0.2) is 0 Å². The van der Waals surface area contributed by atoms with E-state index in [1.54, 1.807) is 0 Å². The van der Waals surface area contributed by atoms with Gasteiger partial charge in [-0.3, -0.25) is 0 Å². The number of rotatable bonds is 7. The zero-order valence-electron chi connectivity index (χ0n) is 17.7. The fraction of sp³-hybridized carbons (Fsp3) is 0.107. The van der Waals surface area contributed by atoms with E-state index in [1.165, 1.54) is 0 Å². The molecule has 0 aliphatic heterocycles. The summed E-state index contributed by atoms with van der Waals surface area (Å²) in [5, 5.41) is 3.20. The molecule has 2 nitrogen and oxygen atoms in total. The zero-order valence-corrected chi connectivity index (χ0v) is 18.6. The monoisotopic (exact) mass is 426 g/mol. The van der Waals surface area contributed by atoms with E-state index in [0.717, 1.165) is 28.5 Å². The fourth-order valence-corrected chi connectivity index (χ4v) is 10.3. The van der Waals surface area contributed by atoms with Crippen molar-refractivity contribution >= 4 is 28.7 Å². The molecule has 0 unspecified atom stereocenters. The van der Waals surface area contributed by atoms with Gasteiger partial charge in [-0.25, -0.2) is 0 Å². The molecule has 0 N–H and O–H groups in total. The minimum atomic E-state index is -3.59. The van der Waals surface area contributed by atoms with Crippen molar-refractivity contribution in [2.75, 3.05) is 6.16 Å². The van der Waals surface area contributed by atoms with Gasteiger partial charge in [-0.1, -0.05) is 0 Å². The first-order valence-corrected chi connectivity index (χ1v) is 13.0. The maximum absolute atomic E-state index is 13.7. The van der Waals surface area contributed by atoms with Crippen molar-refractivity contribution < 1.29 is 9.32 Å². The van der Waals surface area contributed by atoms with E-state index in [1.807, 2.05) is 84.9 Å². The van der Waals surface area contributed by atoms with Crippen LogP contribution in [0.5, 0.6) is 0 Å². The van der Waals surface area contributed by atoms with Gasteiger partial charge in [-0.2, -0.15) is 0 Å². The Hall–Kier alpha value is -3.22. The van der Waals surface area contributed by atoms with Crippen LogP contribution in [0.25, 0.3) is 0 Å². The first kappa shape index (κ1) is 21.0. The third kappa shape index (κ3) is 3.58. The van der Waals surface area contributed by atoms with E-state index in [-0.39, 0.29) is 5.97 Å². The van der Waals surface area contributed by atoms with Crippen LogP contribution in [0, 0.1) is 0 Å². The molecular weight excluding hydrogens is 399 g/mol. The quantitative estimate of drug-likeness (QED) is 0.355. The van der Waals surface area contributed by atoms with E-state index >= 15 is 0 Å². The van der Waals surface area contributed by atoms with E-state index in [2.05, 4.69) is 43.3 Å². The Morgan fingerprint density at radius 3 is 1.32 bits per heavy atom. The molecule has 4 aromatic rings. The SMILES string of the molecule is CCCP(OC(=O)c1ccccc1)(c1ccccc1)(c1ccccc1)c1ccccc1. The molecule has 0 amide bonds. The second kappa shape index (κ2) is 8.88. The summed E-state index contributed by atoms with van der Waals surface area (Å²) >= 11 is 0. The summed E-state index contributed by atoms with van der Waals surface area (Å²) in [5.41, 5.74) is 0.565. The summed E-state index contributed by atoms with van der Waals surface area (Å²) < 4.78 is 6.90. The van der Waals surface area contributed by atoms with Crippen molar-refractivity contribution in [1.82, 2.24) is 0 Å². The van der Waals surface area contributed by atoms with Crippen LogP contribution >= 0.6 is 6.83 Å². The van der Waals surface area contributed by atoms with Gasteiger partial charge >= 0.3 is 184 Å². The molecule has 156 valence electrons. The van der Waals surface area contributed by atoms with Crippen LogP contribution in [0.2, 0.25) is 0 Å². The van der Waals surface area contributed by atoms with Gasteiger partial charge in [0, 0.05) is 0 Å². The van der Waals surface area contributed by atoms with E-state index in [4.69, 9.17) is 4.52 Å². The normalized spacial score (nSPS) is 12.5. The zero-order chi connectivity index (χ0) is 21.6. The molecule has 0 bridgehead atoms. The molecule has 0 atom stereocenters. The molecule has 0 fully saturated rings. The molecule has 0 spiro atoms. The van der Waals surface area contributed by atoms with Gasteiger partial charge in [-0.05, 0) is 0 Å². The van der Waals surface area contributed by atoms with Crippen LogP contribution in [-0.2, 0) is 4.52 Å². The number of carbonyl (C=O) groups is 1. The molecule has 0 heterocycles. The Morgan fingerprint density at radius 1 is 0.613 bits per heavy atom. The summed E-state index contributed by atoms with van der Waals surface area (Å²) in [6, 6.07) is 40.2. The molecule has 0 aliphatic carbocycles. The van der Waals surface area contributed by atoms with Crippen LogP contribution in [0.3, 0.4) is 0 Å². The van der Waals surface area contributed by atoms with Crippen LogP contribution in [0.15, 0.2) is 121 Å². The van der Waals surface area contributed by atoms with Crippen LogP contribution in [-0.4, -0.2) is 12.1 Å². The van der Waals surface area contributed by atoms with Gasteiger partial charge in [-0.15, -0.1) is 0 Å². The van der Waals surface area contributed by atoms with Crippen molar-refractivity contribution in [1.29, 1.82) is 0 Å². The second-order valence-electron chi connectivity index (χ2n) is 7.69. The average molecular weight is 426 g/mol. The van der Waals surface area contributed by atoms with Crippen molar-refractivity contribution in [3.8, 4) is 0 Å². The van der Waals surface area contributed by atoms with Crippen molar-refractivity contribution in [3.05, 3.63) is 127 Å². The van der Waals surface area contributed by atoms with Gasteiger partial charge in [0.1, 0.15) is 0 Å². The minimum absolute atomic E-state index is 0.289. The summed E-state index contributed by atoms with van der Waals surface area (Å²) in [5.74, 6) is -0.289. The second-order valence-corrected chi connectivity index (χ2v) is 12.3. The summed E-state index contributed by atoms with van der Waals surface area (Å²) in [6.45, 7) is -1.43. The topological polar surface area (TPSA) is 26.3 Å². The van der Waals surface area contributed by atoms with Crippen LogP contribution in [0.1, 0.15) is 23.7 Å². The van der Waals surface area contributed by atoms with Gasteiger partial charge < -0.3 is 0 Å². The first-order valence-electron chi connectivity index (χ1n) is 10.7. The van der Waals surface area contributed by atoms with Crippen LogP contribution in [0.4, 0.5) is 0 Å². The predicted molar refractivity (Wildman–Crippen MR) is 132 cm³/mol. The van der Waals surface area contributed by atoms with Gasteiger partial charge in [0.25, 0.3) is 0 Å². The van der Waals surface area contributed by atoms with Gasteiger partial charge in [0.05, 0.1) is 0 Å². The van der Waals surface area contributed by atoms with Crippen molar-refractivity contribution in [2.45, 2.75) is 13.3 Å². The fourth-order valence-electron chi connectivity index (χ4n) is 4.50. The first-order chi connectivity index (χ1) is 15.2. The molecule has 0 saturated heterocycles. The van der Waals surface area contributed by atoms with Crippen LogP contribution < -0.4 is 15.9 Å². The maximum atomic E-state index is 13.7. The molecule has 0 saturated carbocycles. The molecular formula is C28H27O2P. The molecule has 0 radical (unpaired) electrons. The molecule has 4 rings (SSSR count). The molecule has 0 aliphatic rings. The van der Waals surface area contributed by atoms with E-state index < -0.39 is 6.83 Å². The molecule has 3 heteroatoms. The standard InChI is InChI=1S/C28H27O2P/c1-2-23-31(25-17-9-4-10-18-25,26-19-11-5-12-20-26,27-21-13-6-14-22-27)30-28(29)24-15-7-3-8-16-24/h3-22H,2,23H2,1H3. The number of hydrogen-bond donors (Lipinski definition) is 0. The predicted octanol–water partition coefficient (Wildman–Crippen LogP) is 5.70. The Balaban J connectivity index is 2.10. The molecule has 31 heavy (non-hydrogen) atoms. The third-order valence-corrected chi connectivity index (χ3v) is 11.9. The Labute approximate surface area is 184 Å². The Kier molecular flexibility index (Phi) is 6.02. The Morgan fingerprint density at radius 2 is 0.968 bits per heavy atom. The average Bonchev–Trinajstić information content (AvgIpc) is 2.86. The summed E-state index contributed by atoms with van der Waals surface area (Å²) in [6.07, 6.45) is 1.61. The third-order valence-electron chi connectivity index (χ3n) is 5.85. The van der Waals surface area contributed by atoms with E-state index in [0.29, 0.717) is 5.56 Å². The van der Waals surface area contributed by atoms with Crippen molar-refractivity contribution in [2.24, 2.45) is 0 Å². The van der Waals surface area contributed by atoms with Gasteiger partial charge in [0.2, 0.25) is 0 Å². The van der Waals surface area contributed by atoms with Crippen molar-refractivity contribution in [3.63, 3.8) is 0 Å². The van der Waals surface area contributed by atoms with E-state index in [9.17, 15) is 4.79 Å². The molecule has 4 aromatic carbocycles. The number of benzene rings is 4. The number of carbonyl (C=O) groups excluding carboxylic acids is 1. The Bertz CT molecular complexity index is 1030. The summed E-state index contributed by atoms with van der Waals surface area (Å²) in [7, 11) is 0. The summed E-state index contributed by atoms with van der Waals surface area (Å²) in [4.78, 5) is 13.7. The number of hydrogen-bond acceptors (Lipinski definition) is 2. The molecule has 0 aromatic heterocycles.